The van der Waals surface area contributed by atoms with E-state index in [0.29, 0.717) is 0 Å². The highest BCUT2D eigenvalue weighted by Gasteiger charge is 2.17. The Labute approximate surface area is 150 Å². The lowest BCUT2D eigenvalue weighted by atomic mass is 10.0. The number of imidazole rings is 1. The second-order valence-electron chi connectivity index (χ2n) is 5.60. The highest BCUT2D eigenvalue weighted by Crippen LogP contribution is 2.29. The standard InChI is InChI=1S/C13H10O5.C6H10N2/c14-7-1-3-9(11(16)5-7)13(18)10-4-2-8(15)6-12(10)17;1-3-6-7-4-5(2)8-6/h1-6,14-17H;4H,3H2,1-2H3,(H,7,8). The molecule has 3 aromatic rings. The van der Waals surface area contributed by atoms with Crippen molar-refractivity contribution in [2.45, 2.75) is 20.3 Å². The Morgan fingerprint density at radius 1 is 0.962 bits per heavy atom. The van der Waals surface area contributed by atoms with Crippen molar-refractivity contribution in [1.29, 1.82) is 0 Å². The minimum absolute atomic E-state index is 0.0474. The van der Waals surface area contributed by atoms with Gasteiger partial charge in [-0.15, -0.1) is 0 Å². The van der Waals surface area contributed by atoms with Crippen molar-refractivity contribution in [3.05, 3.63) is 65.2 Å². The van der Waals surface area contributed by atoms with Crippen LogP contribution >= 0.6 is 0 Å². The summed E-state index contributed by atoms with van der Waals surface area (Å²) in [5, 5.41) is 37.4. The molecule has 5 N–H and O–H groups in total. The number of nitrogens with zero attached hydrogens (tertiary/aromatic N) is 1. The summed E-state index contributed by atoms with van der Waals surface area (Å²) in [5.74, 6) is -0.634. The summed E-state index contributed by atoms with van der Waals surface area (Å²) in [4.78, 5) is 19.2. The summed E-state index contributed by atoms with van der Waals surface area (Å²) in [6.45, 7) is 4.09. The van der Waals surface area contributed by atoms with Crippen LogP contribution in [-0.2, 0) is 6.42 Å². The average molecular weight is 356 g/mol. The Kier molecular flexibility index (Phi) is 5.85. The van der Waals surface area contributed by atoms with Crippen LogP contribution in [0.3, 0.4) is 0 Å². The molecule has 0 aliphatic heterocycles. The minimum atomic E-state index is -0.606. The molecule has 3 rings (SSSR count). The molecule has 0 spiro atoms. The number of hydrogen-bond acceptors (Lipinski definition) is 6. The van der Waals surface area contributed by atoms with Gasteiger partial charge in [0.2, 0.25) is 0 Å². The van der Waals surface area contributed by atoms with Crippen molar-refractivity contribution in [3.63, 3.8) is 0 Å². The summed E-state index contributed by atoms with van der Waals surface area (Å²) in [6, 6.07) is 7.07. The number of nitrogens with one attached hydrogen (secondary N) is 1. The molecule has 2 aromatic carbocycles. The van der Waals surface area contributed by atoms with Gasteiger partial charge in [0.25, 0.3) is 0 Å². The van der Waals surface area contributed by atoms with E-state index < -0.39 is 5.78 Å². The van der Waals surface area contributed by atoms with Gasteiger partial charge in [-0.1, -0.05) is 6.92 Å². The van der Waals surface area contributed by atoms with Gasteiger partial charge in [0, 0.05) is 30.4 Å². The summed E-state index contributed by atoms with van der Waals surface area (Å²) >= 11 is 0. The third-order valence-electron chi connectivity index (χ3n) is 3.54. The number of rotatable bonds is 3. The summed E-state index contributed by atoms with van der Waals surface area (Å²) in [5.41, 5.74) is 1.05. The average Bonchev–Trinajstić information content (AvgIpc) is 3.00. The van der Waals surface area contributed by atoms with Crippen LogP contribution in [-0.4, -0.2) is 36.2 Å². The van der Waals surface area contributed by atoms with Gasteiger partial charge in [0.05, 0.1) is 11.1 Å². The van der Waals surface area contributed by atoms with E-state index in [4.69, 9.17) is 10.2 Å². The van der Waals surface area contributed by atoms with Crippen molar-refractivity contribution in [2.75, 3.05) is 0 Å². The molecular weight excluding hydrogens is 336 g/mol. The van der Waals surface area contributed by atoms with E-state index in [-0.39, 0.29) is 34.1 Å². The van der Waals surface area contributed by atoms with Gasteiger partial charge in [-0.3, -0.25) is 4.79 Å². The number of hydrogen-bond donors (Lipinski definition) is 5. The van der Waals surface area contributed by atoms with Gasteiger partial charge in [-0.05, 0) is 31.2 Å². The normalized spacial score (nSPS) is 10.1. The molecule has 7 nitrogen and oxygen atoms in total. The van der Waals surface area contributed by atoms with Crippen molar-refractivity contribution >= 4 is 5.78 Å². The van der Waals surface area contributed by atoms with Crippen molar-refractivity contribution in [3.8, 4) is 23.0 Å². The molecule has 7 heteroatoms. The molecule has 0 fully saturated rings. The fourth-order valence-electron chi connectivity index (χ4n) is 2.22. The van der Waals surface area contributed by atoms with Crippen LogP contribution in [0.15, 0.2) is 42.6 Å². The topological polar surface area (TPSA) is 127 Å². The van der Waals surface area contributed by atoms with Gasteiger partial charge in [-0.25, -0.2) is 4.98 Å². The predicted molar refractivity (Wildman–Crippen MR) is 95.7 cm³/mol. The first kappa shape index (κ1) is 18.9. The number of aryl methyl sites for hydroxylation is 2. The van der Waals surface area contributed by atoms with E-state index >= 15 is 0 Å². The van der Waals surface area contributed by atoms with Crippen molar-refractivity contribution in [1.82, 2.24) is 9.97 Å². The van der Waals surface area contributed by atoms with Crippen LogP contribution < -0.4 is 0 Å². The first-order valence-corrected chi connectivity index (χ1v) is 7.91. The largest absolute Gasteiger partial charge is 0.508 e. The molecule has 136 valence electrons. The number of phenols is 4. The maximum atomic E-state index is 12.0. The monoisotopic (exact) mass is 356 g/mol. The van der Waals surface area contributed by atoms with Crippen molar-refractivity contribution in [2.24, 2.45) is 0 Å². The SMILES string of the molecule is CCc1ncc(C)[nH]1.O=C(c1ccc(O)cc1O)c1ccc(O)cc1O. The van der Waals surface area contributed by atoms with Crippen LogP contribution in [0.4, 0.5) is 0 Å². The molecule has 0 saturated heterocycles. The zero-order valence-electron chi connectivity index (χ0n) is 14.4. The molecule has 0 unspecified atom stereocenters. The predicted octanol–water partition coefficient (Wildman–Crippen LogP) is 3.02. The van der Waals surface area contributed by atoms with Gasteiger partial charge in [-0.2, -0.15) is 0 Å². The van der Waals surface area contributed by atoms with Crippen LogP contribution in [0.1, 0.15) is 34.4 Å². The molecule has 0 radical (unpaired) electrons. The summed E-state index contributed by atoms with van der Waals surface area (Å²) < 4.78 is 0. The highest BCUT2D eigenvalue weighted by atomic mass is 16.3. The lowest BCUT2D eigenvalue weighted by Gasteiger charge is -2.06. The van der Waals surface area contributed by atoms with Gasteiger partial charge in [0.15, 0.2) is 5.78 Å². The molecule has 0 saturated carbocycles. The second kappa shape index (κ2) is 8.06. The fourth-order valence-corrected chi connectivity index (χ4v) is 2.22. The zero-order valence-corrected chi connectivity index (χ0v) is 14.4. The van der Waals surface area contributed by atoms with E-state index in [1.807, 2.05) is 13.1 Å². The Balaban J connectivity index is 0.000000254. The maximum absolute atomic E-state index is 12.0. The number of aromatic amines is 1. The molecule has 0 amide bonds. The minimum Gasteiger partial charge on any atom is -0.508 e. The molecule has 0 atom stereocenters. The molecule has 0 aliphatic carbocycles. The molecule has 0 aliphatic rings. The number of H-pyrrole nitrogens is 1. The lowest BCUT2D eigenvalue weighted by Crippen LogP contribution is -2.01. The van der Waals surface area contributed by atoms with Crippen LogP contribution in [0.5, 0.6) is 23.0 Å². The van der Waals surface area contributed by atoms with E-state index in [1.54, 1.807) is 0 Å². The first-order valence-electron chi connectivity index (χ1n) is 7.91. The van der Waals surface area contributed by atoms with E-state index in [2.05, 4.69) is 16.9 Å². The Morgan fingerprint density at radius 2 is 1.46 bits per heavy atom. The van der Waals surface area contributed by atoms with E-state index in [9.17, 15) is 15.0 Å². The number of benzene rings is 2. The summed E-state index contributed by atoms with van der Waals surface area (Å²) in [6.07, 6.45) is 2.84. The molecule has 1 heterocycles. The number of carbonyl (C=O) groups excluding carboxylic acids is 1. The van der Waals surface area contributed by atoms with Crippen molar-refractivity contribution < 1.29 is 25.2 Å². The molecule has 0 bridgehead atoms. The number of phenolic OH excluding ortho intramolecular Hbond substituents is 4. The number of aromatic nitrogens is 2. The quantitative estimate of drug-likeness (QED) is 0.459. The highest BCUT2D eigenvalue weighted by molar-refractivity contribution is 6.12. The summed E-state index contributed by atoms with van der Waals surface area (Å²) in [7, 11) is 0. The Morgan fingerprint density at radius 3 is 1.77 bits per heavy atom. The molecule has 1 aromatic heterocycles. The second-order valence-corrected chi connectivity index (χ2v) is 5.60. The fraction of sp³-hybridized carbons (Fsp3) is 0.158. The number of aromatic hydroxyl groups is 4. The van der Waals surface area contributed by atoms with Crippen LogP contribution in [0.25, 0.3) is 0 Å². The maximum Gasteiger partial charge on any atom is 0.200 e. The molecule has 26 heavy (non-hydrogen) atoms. The first-order chi connectivity index (χ1) is 12.3. The Bertz CT molecular complexity index is 865. The van der Waals surface area contributed by atoms with E-state index in [1.165, 1.54) is 24.3 Å². The Hall–Kier alpha value is -3.48. The third kappa shape index (κ3) is 4.54. The zero-order chi connectivity index (χ0) is 19.3. The number of ketones is 1. The number of carbonyl (C=O) groups is 1. The van der Waals surface area contributed by atoms with Gasteiger partial charge >= 0.3 is 0 Å². The van der Waals surface area contributed by atoms with Gasteiger partial charge < -0.3 is 25.4 Å². The smallest absolute Gasteiger partial charge is 0.200 e. The lowest BCUT2D eigenvalue weighted by molar-refractivity contribution is 0.103. The van der Waals surface area contributed by atoms with E-state index in [0.717, 1.165) is 30.1 Å². The molecular formula is C19H20N2O5. The third-order valence-corrected chi connectivity index (χ3v) is 3.54. The van der Waals surface area contributed by atoms with Crippen LogP contribution in [0, 0.1) is 6.92 Å². The van der Waals surface area contributed by atoms with Crippen LogP contribution in [0.2, 0.25) is 0 Å². The van der Waals surface area contributed by atoms with Gasteiger partial charge in [0.1, 0.15) is 28.8 Å².